The SMILES string of the molecule is CCNC(=O)c1cccc(NC(=O)CCCCCl)c1. The Kier molecular flexibility index (Phi) is 6.97. The van der Waals surface area contributed by atoms with E-state index in [0.29, 0.717) is 30.1 Å². The van der Waals surface area contributed by atoms with E-state index in [2.05, 4.69) is 10.6 Å². The van der Waals surface area contributed by atoms with Crippen LogP contribution in [0, 0.1) is 0 Å². The largest absolute Gasteiger partial charge is 0.352 e. The molecule has 0 aliphatic carbocycles. The second kappa shape index (κ2) is 8.53. The van der Waals surface area contributed by atoms with Crippen molar-refractivity contribution in [2.24, 2.45) is 0 Å². The molecule has 1 aromatic carbocycles. The number of anilines is 1. The third-order valence-electron chi connectivity index (χ3n) is 2.53. The monoisotopic (exact) mass is 282 g/mol. The van der Waals surface area contributed by atoms with Crippen LogP contribution in [-0.4, -0.2) is 24.2 Å². The van der Waals surface area contributed by atoms with Gasteiger partial charge in [0.05, 0.1) is 0 Å². The number of hydrogen-bond acceptors (Lipinski definition) is 2. The molecule has 0 aliphatic heterocycles. The van der Waals surface area contributed by atoms with Gasteiger partial charge >= 0.3 is 0 Å². The molecule has 0 spiro atoms. The third kappa shape index (κ3) is 5.75. The molecule has 0 radical (unpaired) electrons. The molecule has 0 bridgehead atoms. The molecule has 0 saturated heterocycles. The van der Waals surface area contributed by atoms with Crippen molar-refractivity contribution < 1.29 is 9.59 Å². The van der Waals surface area contributed by atoms with Gasteiger partial charge in [0.1, 0.15) is 0 Å². The minimum absolute atomic E-state index is 0.0573. The Morgan fingerprint density at radius 2 is 2.05 bits per heavy atom. The molecule has 2 amide bonds. The highest BCUT2D eigenvalue weighted by atomic mass is 35.5. The maximum Gasteiger partial charge on any atom is 0.251 e. The van der Waals surface area contributed by atoms with Crippen molar-refractivity contribution in [1.82, 2.24) is 5.32 Å². The van der Waals surface area contributed by atoms with E-state index in [0.717, 1.165) is 12.8 Å². The van der Waals surface area contributed by atoms with E-state index in [9.17, 15) is 9.59 Å². The fraction of sp³-hybridized carbons (Fsp3) is 0.429. The van der Waals surface area contributed by atoms with Crippen molar-refractivity contribution in [3.8, 4) is 0 Å². The van der Waals surface area contributed by atoms with Crippen LogP contribution in [-0.2, 0) is 4.79 Å². The number of carbonyl (C=O) groups is 2. The maximum absolute atomic E-state index is 11.7. The van der Waals surface area contributed by atoms with Gasteiger partial charge in [-0.1, -0.05) is 6.07 Å². The van der Waals surface area contributed by atoms with Gasteiger partial charge in [-0.15, -0.1) is 11.6 Å². The molecule has 1 aromatic rings. The van der Waals surface area contributed by atoms with Gasteiger partial charge in [0.25, 0.3) is 5.91 Å². The second-order valence-corrected chi connectivity index (χ2v) is 4.51. The molecule has 19 heavy (non-hydrogen) atoms. The molecular formula is C14H19ClN2O2. The van der Waals surface area contributed by atoms with E-state index < -0.39 is 0 Å². The molecule has 0 saturated carbocycles. The lowest BCUT2D eigenvalue weighted by Gasteiger charge is -2.07. The number of alkyl halides is 1. The highest BCUT2D eigenvalue weighted by Crippen LogP contribution is 2.11. The Hall–Kier alpha value is -1.55. The van der Waals surface area contributed by atoms with E-state index >= 15 is 0 Å². The summed E-state index contributed by atoms with van der Waals surface area (Å²) in [5, 5.41) is 5.49. The molecule has 104 valence electrons. The predicted molar refractivity (Wildman–Crippen MR) is 77.6 cm³/mol. The van der Waals surface area contributed by atoms with Crippen LogP contribution < -0.4 is 10.6 Å². The molecule has 0 aliphatic rings. The molecule has 1 rings (SSSR count). The van der Waals surface area contributed by atoms with Crippen molar-refractivity contribution in [1.29, 1.82) is 0 Å². The van der Waals surface area contributed by atoms with Crippen LogP contribution in [0.15, 0.2) is 24.3 Å². The van der Waals surface area contributed by atoms with Crippen molar-refractivity contribution >= 4 is 29.1 Å². The summed E-state index contributed by atoms with van der Waals surface area (Å²) in [6.45, 7) is 2.44. The average Bonchev–Trinajstić information content (AvgIpc) is 2.39. The maximum atomic E-state index is 11.7. The van der Waals surface area contributed by atoms with Crippen LogP contribution in [0.25, 0.3) is 0 Å². The average molecular weight is 283 g/mol. The number of halogens is 1. The van der Waals surface area contributed by atoms with E-state index in [4.69, 9.17) is 11.6 Å². The number of rotatable bonds is 7. The van der Waals surface area contributed by atoms with Crippen molar-refractivity contribution in [3.05, 3.63) is 29.8 Å². The highest BCUT2D eigenvalue weighted by molar-refractivity contribution is 6.17. The van der Waals surface area contributed by atoms with Crippen LogP contribution >= 0.6 is 11.6 Å². The van der Waals surface area contributed by atoms with Crippen LogP contribution in [0.3, 0.4) is 0 Å². The van der Waals surface area contributed by atoms with E-state index in [1.807, 2.05) is 6.92 Å². The van der Waals surface area contributed by atoms with E-state index in [1.165, 1.54) is 0 Å². The van der Waals surface area contributed by atoms with E-state index in [1.54, 1.807) is 24.3 Å². The number of amides is 2. The first-order valence-electron chi connectivity index (χ1n) is 6.41. The molecule has 4 nitrogen and oxygen atoms in total. The summed E-state index contributed by atoms with van der Waals surface area (Å²) in [5.41, 5.74) is 1.18. The molecule has 0 heterocycles. The minimum atomic E-state index is -0.138. The van der Waals surface area contributed by atoms with Gasteiger partial charge in [-0.25, -0.2) is 0 Å². The van der Waals surface area contributed by atoms with Gasteiger partial charge < -0.3 is 10.6 Å². The van der Waals surface area contributed by atoms with Crippen molar-refractivity contribution in [3.63, 3.8) is 0 Å². The Morgan fingerprint density at radius 3 is 2.74 bits per heavy atom. The number of unbranched alkanes of at least 4 members (excludes halogenated alkanes) is 1. The van der Waals surface area contributed by atoms with Crippen LogP contribution in [0.5, 0.6) is 0 Å². The standard InChI is InChI=1S/C14H19ClN2O2/c1-2-16-14(19)11-6-5-7-12(10-11)17-13(18)8-3-4-9-15/h5-7,10H,2-4,8-9H2,1H3,(H,16,19)(H,17,18). The topological polar surface area (TPSA) is 58.2 Å². The minimum Gasteiger partial charge on any atom is -0.352 e. The normalized spacial score (nSPS) is 10.0. The Labute approximate surface area is 118 Å². The molecule has 2 N–H and O–H groups in total. The third-order valence-corrected chi connectivity index (χ3v) is 2.80. The van der Waals surface area contributed by atoms with Gasteiger partial charge in [0.2, 0.25) is 5.91 Å². The fourth-order valence-electron chi connectivity index (χ4n) is 1.60. The van der Waals surface area contributed by atoms with E-state index in [-0.39, 0.29) is 11.8 Å². The molecule has 0 fully saturated rings. The van der Waals surface area contributed by atoms with Gasteiger partial charge in [-0.05, 0) is 38.0 Å². The predicted octanol–water partition coefficient (Wildman–Crippen LogP) is 2.78. The van der Waals surface area contributed by atoms with Gasteiger partial charge in [0, 0.05) is 30.1 Å². The van der Waals surface area contributed by atoms with Crippen LogP contribution in [0.4, 0.5) is 5.69 Å². The lowest BCUT2D eigenvalue weighted by Crippen LogP contribution is -2.22. The second-order valence-electron chi connectivity index (χ2n) is 4.13. The van der Waals surface area contributed by atoms with Crippen LogP contribution in [0.1, 0.15) is 36.5 Å². The van der Waals surface area contributed by atoms with Gasteiger partial charge in [-0.2, -0.15) is 0 Å². The zero-order chi connectivity index (χ0) is 14.1. The summed E-state index contributed by atoms with van der Waals surface area (Å²) in [4.78, 5) is 23.3. The Balaban J connectivity index is 2.56. The summed E-state index contributed by atoms with van der Waals surface area (Å²) in [6.07, 6.45) is 2.04. The summed E-state index contributed by atoms with van der Waals surface area (Å²) < 4.78 is 0. The van der Waals surface area contributed by atoms with Crippen molar-refractivity contribution in [2.45, 2.75) is 26.2 Å². The highest BCUT2D eigenvalue weighted by Gasteiger charge is 2.06. The van der Waals surface area contributed by atoms with Gasteiger partial charge in [-0.3, -0.25) is 9.59 Å². The first-order valence-corrected chi connectivity index (χ1v) is 6.95. The first-order chi connectivity index (χ1) is 9.17. The lowest BCUT2D eigenvalue weighted by atomic mass is 10.1. The molecule has 0 aromatic heterocycles. The zero-order valence-corrected chi connectivity index (χ0v) is 11.8. The number of nitrogens with one attached hydrogen (secondary N) is 2. The lowest BCUT2D eigenvalue weighted by molar-refractivity contribution is -0.116. The zero-order valence-electron chi connectivity index (χ0n) is 11.0. The molecule has 0 unspecified atom stereocenters. The Bertz CT molecular complexity index is 435. The molecule has 0 atom stereocenters. The molecular weight excluding hydrogens is 264 g/mol. The number of hydrogen-bond donors (Lipinski definition) is 2. The number of carbonyl (C=O) groups excluding carboxylic acids is 2. The van der Waals surface area contributed by atoms with Crippen molar-refractivity contribution in [2.75, 3.05) is 17.7 Å². The smallest absolute Gasteiger partial charge is 0.251 e. The summed E-state index contributed by atoms with van der Waals surface area (Å²) in [6, 6.07) is 6.90. The molecule has 5 heteroatoms. The summed E-state index contributed by atoms with van der Waals surface area (Å²) in [7, 11) is 0. The number of benzene rings is 1. The summed E-state index contributed by atoms with van der Waals surface area (Å²) in [5.74, 6) is 0.374. The fourth-order valence-corrected chi connectivity index (χ4v) is 1.79. The van der Waals surface area contributed by atoms with Crippen LogP contribution in [0.2, 0.25) is 0 Å². The van der Waals surface area contributed by atoms with Gasteiger partial charge in [0.15, 0.2) is 0 Å². The first kappa shape index (κ1) is 15.5. The quantitative estimate of drug-likeness (QED) is 0.597. The Morgan fingerprint density at radius 1 is 1.26 bits per heavy atom. The summed E-state index contributed by atoms with van der Waals surface area (Å²) >= 11 is 5.55.